The van der Waals surface area contributed by atoms with Crippen molar-refractivity contribution in [2.24, 2.45) is 0 Å². The summed E-state index contributed by atoms with van der Waals surface area (Å²) in [5, 5.41) is 15.5. The average molecular weight is 517 g/mol. The van der Waals surface area contributed by atoms with Gasteiger partial charge in [-0.15, -0.1) is 0 Å². The number of fused-ring (bicyclic) bond motifs is 10. The minimum atomic E-state index is 0.651. The molecule has 0 amide bonds. The molecule has 0 unspecified atom stereocenters. The maximum Gasteiger partial charge on any atom is 0.0731 e. The van der Waals surface area contributed by atoms with Gasteiger partial charge in [-0.3, -0.25) is 0 Å². The molecule has 0 spiro atoms. The summed E-state index contributed by atoms with van der Waals surface area (Å²) in [6.07, 6.45) is 0. The second-order valence-corrected chi connectivity index (χ2v) is 11.6. The molecule has 1 aliphatic carbocycles. The van der Waals surface area contributed by atoms with Crippen LogP contribution >= 0.6 is 0 Å². The van der Waals surface area contributed by atoms with Crippen LogP contribution in [0.5, 0.6) is 0 Å². The van der Waals surface area contributed by atoms with E-state index < -0.39 is 0 Å². The maximum atomic E-state index is 6.13. The maximum absolute atomic E-state index is 6.13. The molecule has 0 fully saturated rings. The van der Waals surface area contributed by atoms with Crippen LogP contribution in [0, 0.1) is 55.6 Å². The van der Waals surface area contributed by atoms with Crippen molar-refractivity contribution in [3.8, 4) is 0 Å². The van der Waals surface area contributed by atoms with Gasteiger partial charge in [-0.05, 0) is 135 Å². The quantitative estimate of drug-likeness (QED) is 0.203. The van der Waals surface area contributed by atoms with E-state index in [1.165, 1.54) is 96.7 Å². The molecule has 0 atom stereocenters. The Hall–Kier alpha value is -4.24. The van der Waals surface area contributed by atoms with E-state index in [1.54, 1.807) is 0 Å². The van der Waals surface area contributed by atoms with Gasteiger partial charge in [0.2, 0.25) is 0 Å². The van der Waals surface area contributed by atoms with Crippen LogP contribution in [0.25, 0.3) is 21.5 Å². The Labute approximate surface area is 231 Å². The molecule has 6 aromatic carbocycles. The molecule has 9 rings (SSSR count). The molecule has 0 bridgehead atoms. The molecule has 0 radical (unpaired) electrons. The molecular weight excluding hydrogens is 488 g/mol. The van der Waals surface area contributed by atoms with Crippen LogP contribution in [0.15, 0.2) is 84.9 Å². The molecule has 6 aromatic rings. The topological polar surface area (TPSA) is 18.5 Å². The first kappa shape index (κ1) is 22.6. The van der Waals surface area contributed by atoms with Gasteiger partial charge in [0.05, 0.1) is 26.4 Å². The van der Waals surface area contributed by atoms with E-state index in [2.05, 4.69) is 98.8 Å². The molecule has 192 valence electrons. The highest BCUT2D eigenvalue weighted by Gasteiger charge is 2.20. The van der Waals surface area contributed by atoms with E-state index in [9.17, 15) is 0 Å². The largest absolute Gasteiger partial charge is 0.372 e. The van der Waals surface area contributed by atoms with Gasteiger partial charge in [0.25, 0.3) is 0 Å². The summed E-state index contributed by atoms with van der Waals surface area (Å²) in [7, 11) is 0. The van der Waals surface area contributed by atoms with Gasteiger partial charge in [-0.25, -0.2) is 0 Å². The van der Waals surface area contributed by atoms with E-state index in [0.29, 0.717) is 26.4 Å². The van der Waals surface area contributed by atoms with Gasteiger partial charge in [0.15, 0.2) is 0 Å². The molecule has 2 heterocycles. The fraction of sp³-hybridized carbons (Fsp3) is 0.158. The number of benzene rings is 6. The van der Waals surface area contributed by atoms with Crippen molar-refractivity contribution < 1.29 is 9.47 Å². The summed E-state index contributed by atoms with van der Waals surface area (Å²) in [6.45, 7) is 7.16. The number of ether oxygens (including phenoxy) is 2. The van der Waals surface area contributed by atoms with E-state index in [1.807, 2.05) is 0 Å². The fourth-order valence-electron chi connectivity index (χ4n) is 7.47. The molecule has 2 nitrogen and oxygen atoms in total. The zero-order valence-electron chi connectivity index (χ0n) is 22.7. The molecular formula is C38H28O2. The minimum Gasteiger partial charge on any atom is -0.372 e. The number of hydrogen-bond acceptors (Lipinski definition) is 2. The summed E-state index contributed by atoms with van der Waals surface area (Å²) < 4.78 is 12.3. The van der Waals surface area contributed by atoms with Crippen molar-refractivity contribution in [1.82, 2.24) is 0 Å². The molecule has 2 aliphatic heterocycles. The van der Waals surface area contributed by atoms with Crippen molar-refractivity contribution in [1.29, 1.82) is 0 Å². The smallest absolute Gasteiger partial charge is 0.0731 e. The Balaban J connectivity index is 1.80. The van der Waals surface area contributed by atoms with Crippen molar-refractivity contribution >= 4 is 21.5 Å². The van der Waals surface area contributed by atoms with Crippen LogP contribution in [-0.4, -0.2) is 0 Å². The van der Waals surface area contributed by atoms with Gasteiger partial charge < -0.3 is 9.47 Å². The third-order valence-electron chi connectivity index (χ3n) is 9.42. The number of rotatable bonds is 0. The molecule has 0 saturated heterocycles. The Kier molecular flexibility index (Phi) is 4.59. The molecule has 0 N–H and O–H groups in total. The summed E-state index contributed by atoms with van der Waals surface area (Å²) in [6, 6.07) is 32.1. The molecule has 2 heteroatoms. The van der Waals surface area contributed by atoms with Crippen molar-refractivity contribution in [3.05, 3.63) is 160 Å². The van der Waals surface area contributed by atoms with E-state index in [-0.39, 0.29) is 0 Å². The molecule has 40 heavy (non-hydrogen) atoms. The first-order valence-electron chi connectivity index (χ1n) is 14.2. The van der Waals surface area contributed by atoms with E-state index in [4.69, 9.17) is 9.47 Å². The summed E-state index contributed by atoms with van der Waals surface area (Å²) in [4.78, 5) is 0. The Morgan fingerprint density at radius 3 is 1.15 bits per heavy atom. The van der Waals surface area contributed by atoms with Crippen molar-refractivity contribution in [2.45, 2.75) is 40.3 Å². The third-order valence-corrected chi connectivity index (χ3v) is 9.42. The predicted octanol–water partition coefficient (Wildman–Crippen LogP) is 8.13. The number of hydrogen-bond donors (Lipinski definition) is 0. The standard InChI is InChI=1S/C38H28O2/c1-21-11-29-27-13-23-7-3-5-9-25(23)15-31(27)38-30(12-22(2)34-18-40-20-36(34)38)28-14-24-8-4-6-10-26(24)16-32(28)37(29)35-19-39-17-33(21)35/h3-16H,17-20H2,1-2H3/b29-27-,30-28-,37-32+,38-31+. The van der Waals surface area contributed by atoms with Gasteiger partial charge >= 0.3 is 0 Å². The van der Waals surface area contributed by atoms with Gasteiger partial charge in [-0.2, -0.15) is 0 Å². The van der Waals surface area contributed by atoms with Crippen LogP contribution in [-0.2, 0) is 35.9 Å². The van der Waals surface area contributed by atoms with E-state index >= 15 is 0 Å². The van der Waals surface area contributed by atoms with Crippen LogP contribution in [0.1, 0.15) is 33.4 Å². The second kappa shape index (κ2) is 8.14. The second-order valence-electron chi connectivity index (χ2n) is 11.6. The molecule has 3 aliphatic rings. The summed E-state index contributed by atoms with van der Waals surface area (Å²) >= 11 is 0. The zero-order valence-corrected chi connectivity index (χ0v) is 22.7. The highest BCUT2D eigenvalue weighted by atomic mass is 16.5. The highest BCUT2D eigenvalue weighted by molar-refractivity contribution is 5.83. The lowest BCUT2D eigenvalue weighted by atomic mass is 9.91. The lowest BCUT2D eigenvalue weighted by Gasteiger charge is -2.12. The van der Waals surface area contributed by atoms with Crippen molar-refractivity contribution in [2.75, 3.05) is 0 Å². The lowest BCUT2D eigenvalue weighted by Crippen LogP contribution is -2.00. The highest BCUT2D eigenvalue weighted by Crippen LogP contribution is 2.32. The molecule has 0 saturated carbocycles. The number of aryl methyl sites for hydroxylation is 2. The summed E-state index contributed by atoms with van der Waals surface area (Å²) in [5.41, 5.74) is 8.00. The Bertz CT molecular complexity index is 2330. The van der Waals surface area contributed by atoms with Crippen LogP contribution < -0.4 is 0 Å². The fourth-order valence-corrected chi connectivity index (χ4v) is 7.47. The SMILES string of the molecule is Cc1cc2/c(c3c1COC3)=c1/cc3ccccc3c/c1=c1\cc(C)c3c(\c1=c1/cc4ccccc4c/c1=2)COC3. The molecule has 0 aromatic heterocycles. The zero-order chi connectivity index (χ0) is 26.5. The van der Waals surface area contributed by atoms with Gasteiger partial charge in [-0.1, -0.05) is 60.7 Å². The minimum absolute atomic E-state index is 0.651. The Morgan fingerprint density at radius 2 is 0.750 bits per heavy atom. The Morgan fingerprint density at radius 1 is 0.400 bits per heavy atom. The normalized spacial score (nSPS) is 18.2. The van der Waals surface area contributed by atoms with Crippen LogP contribution in [0.2, 0.25) is 0 Å². The monoisotopic (exact) mass is 516 g/mol. The average Bonchev–Trinajstić information content (AvgIpc) is 3.67. The van der Waals surface area contributed by atoms with Crippen LogP contribution in [0.3, 0.4) is 0 Å². The van der Waals surface area contributed by atoms with Crippen molar-refractivity contribution in [3.63, 3.8) is 0 Å². The van der Waals surface area contributed by atoms with Gasteiger partial charge in [0, 0.05) is 0 Å². The lowest BCUT2D eigenvalue weighted by molar-refractivity contribution is 0.134. The third kappa shape index (κ3) is 3.01. The van der Waals surface area contributed by atoms with E-state index in [0.717, 1.165) is 0 Å². The predicted molar refractivity (Wildman–Crippen MR) is 158 cm³/mol. The summed E-state index contributed by atoms with van der Waals surface area (Å²) in [5.74, 6) is 0. The first-order chi connectivity index (χ1) is 19.7. The first-order valence-corrected chi connectivity index (χ1v) is 14.2. The van der Waals surface area contributed by atoms with Gasteiger partial charge in [0.1, 0.15) is 0 Å². The van der Waals surface area contributed by atoms with Crippen LogP contribution in [0.4, 0.5) is 0 Å².